The summed E-state index contributed by atoms with van der Waals surface area (Å²) < 4.78 is 15.1. The Labute approximate surface area is 178 Å². The zero-order valence-corrected chi connectivity index (χ0v) is 17.8. The van der Waals surface area contributed by atoms with Crippen LogP contribution in [-0.4, -0.2) is 51.9 Å². The number of nitrogens with zero attached hydrogens (tertiary/aromatic N) is 5. The predicted molar refractivity (Wildman–Crippen MR) is 114 cm³/mol. The molecule has 0 radical (unpaired) electrons. The molecule has 0 N–H and O–H groups in total. The number of imidazole rings is 1. The average molecular weight is 458 g/mol. The molecule has 0 aromatic carbocycles. The number of aromatic nitrogens is 4. The fourth-order valence-electron chi connectivity index (χ4n) is 4.20. The van der Waals surface area contributed by atoms with Crippen molar-refractivity contribution in [3.8, 4) is 5.88 Å². The first-order valence-corrected chi connectivity index (χ1v) is 11.0. The Morgan fingerprint density at radius 3 is 2.69 bits per heavy atom. The highest BCUT2D eigenvalue weighted by Crippen LogP contribution is 2.34. The fourth-order valence-corrected chi connectivity index (χ4v) is 4.54. The topological polar surface area (TPSA) is 65.3 Å². The van der Waals surface area contributed by atoms with Crippen LogP contribution >= 0.6 is 15.9 Å². The van der Waals surface area contributed by atoms with Crippen LogP contribution in [0.2, 0.25) is 0 Å². The lowest BCUT2D eigenvalue weighted by atomic mass is 9.93. The van der Waals surface area contributed by atoms with Crippen LogP contribution in [0.15, 0.2) is 41.5 Å². The van der Waals surface area contributed by atoms with Crippen molar-refractivity contribution in [2.24, 2.45) is 0 Å². The molecule has 0 bridgehead atoms. The van der Waals surface area contributed by atoms with E-state index in [1.165, 1.54) is 0 Å². The third-order valence-electron chi connectivity index (χ3n) is 5.80. The second-order valence-electron chi connectivity index (χ2n) is 7.66. The van der Waals surface area contributed by atoms with E-state index in [4.69, 9.17) is 14.5 Å². The van der Waals surface area contributed by atoms with E-state index < -0.39 is 0 Å². The number of ether oxygens (including phenoxy) is 2. The van der Waals surface area contributed by atoms with Gasteiger partial charge in [-0.2, -0.15) is 4.98 Å². The number of morpholine rings is 1. The van der Waals surface area contributed by atoms with Crippen LogP contribution in [0.3, 0.4) is 0 Å². The summed E-state index contributed by atoms with van der Waals surface area (Å²) in [6, 6.07) is 4.61. The lowest BCUT2D eigenvalue weighted by Crippen LogP contribution is -2.36. The van der Waals surface area contributed by atoms with Crippen LogP contribution in [0.25, 0.3) is 10.9 Å². The van der Waals surface area contributed by atoms with Crippen LogP contribution in [-0.2, 0) is 4.74 Å². The molecule has 1 aliphatic carbocycles. The zero-order valence-electron chi connectivity index (χ0n) is 16.2. The molecular weight excluding hydrogens is 434 g/mol. The van der Waals surface area contributed by atoms with Gasteiger partial charge in [0.2, 0.25) is 5.88 Å². The smallest absolute Gasteiger partial charge is 0.225 e. The molecule has 0 amide bonds. The summed E-state index contributed by atoms with van der Waals surface area (Å²) in [6.45, 7) is 3.12. The molecule has 1 aliphatic heterocycles. The van der Waals surface area contributed by atoms with Gasteiger partial charge in [0, 0.05) is 48.3 Å². The summed E-state index contributed by atoms with van der Waals surface area (Å²) in [4.78, 5) is 15.9. The van der Waals surface area contributed by atoms with Gasteiger partial charge in [-0.25, -0.2) is 4.98 Å². The molecule has 8 heteroatoms. The van der Waals surface area contributed by atoms with Crippen LogP contribution in [0.1, 0.15) is 31.7 Å². The Balaban J connectivity index is 1.38. The number of hydrogen-bond donors (Lipinski definition) is 0. The number of anilines is 1. The Kier molecular flexibility index (Phi) is 5.37. The summed E-state index contributed by atoms with van der Waals surface area (Å²) in [7, 11) is 0. The van der Waals surface area contributed by atoms with E-state index >= 15 is 0 Å². The molecule has 7 nitrogen and oxygen atoms in total. The molecule has 5 rings (SSSR count). The SMILES string of the molecule is Brc1cnc2cc(N3CCOCC3)nc(O[C@H]3CC[C@@H](n4ccnc4)CC3)c2c1. The van der Waals surface area contributed by atoms with Gasteiger partial charge < -0.3 is 18.9 Å². The van der Waals surface area contributed by atoms with E-state index in [1.54, 1.807) is 0 Å². The number of rotatable bonds is 4. The first-order chi connectivity index (χ1) is 14.3. The van der Waals surface area contributed by atoms with Gasteiger partial charge in [0.15, 0.2) is 0 Å². The van der Waals surface area contributed by atoms with Gasteiger partial charge >= 0.3 is 0 Å². The standard InChI is InChI=1S/C21H24BrN5O2/c22-15-11-18-19(24-13-15)12-20(26-7-9-28-10-8-26)25-21(18)29-17-3-1-16(2-4-17)27-6-5-23-14-27/h5-6,11-14,16-17H,1-4,7-10H2/t16-,17+. The van der Waals surface area contributed by atoms with E-state index in [0.29, 0.717) is 11.9 Å². The molecular formula is C21H24BrN5O2. The van der Waals surface area contributed by atoms with Crippen molar-refractivity contribution >= 4 is 32.7 Å². The molecule has 3 aromatic rings. The van der Waals surface area contributed by atoms with Crippen LogP contribution in [0.4, 0.5) is 5.82 Å². The minimum absolute atomic E-state index is 0.171. The summed E-state index contributed by atoms with van der Waals surface area (Å²) in [5.41, 5.74) is 0.909. The Bertz CT molecular complexity index is 967. The minimum Gasteiger partial charge on any atom is -0.474 e. The molecule has 1 saturated carbocycles. The van der Waals surface area contributed by atoms with Gasteiger partial charge in [-0.05, 0) is 47.7 Å². The highest BCUT2D eigenvalue weighted by atomic mass is 79.9. The average Bonchev–Trinajstić information content (AvgIpc) is 3.30. The molecule has 1 saturated heterocycles. The Morgan fingerprint density at radius 1 is 1.10 bits per heavy atom. The van der Waals surface area contributed by atoms with Gasteiger partial charge in [-0.15, -0.1) is 0 Å². The lowest BCUT2D eigenvalue weighted by molar-refractivity contribution is 0.121. The number of pyridine rings is 2. The number of fused-ring (bicyclic) bond motifs is 1. The third kappa shape index (κ3) is 4.09. The van der Waals surface area contributed by atoms with E-state index in [-0.39, 0.29) is 6.10 Å². The van der Waals surface area contributed by atoms with Gasteiger partial charge in [0.1, 0.15) is 11.9 Å². The van der Waals surface area contributed by atoms with Gasteiger partial charge in [0.25, 0.3) is 0 Å². The molecule has 0 unspecified atom stereocenters. The highest BCUT2D eigenvalue weighted by molar-refractivity contribution is 9.10. The maximum absolute atomic E-state index is 6.47. The third-order valence-corrected chi connectivity index (χ3v) is 6.23. The largest absolute Gasteiger partial charge is 0.474 e. The maximum Gasteiger partial charge on any atom is 0.225 e. The quantitative estimate of drug-likeness (QED) is 0.589. The van der Waals surface area contributed by atoms with E-state index in [2.05, 4.69) is 47.6 Å². The van der Waals surface area contributed by atoms with Crippen molar-refractivity contribution in [3.63, 3.8) is 0 Å². The normalized spacial score (nSPS) is 22.7. The molecule has 3 aromatic heterocycles. The van der Waals surface area contributed by atoms with Gasteiger partial charge in [-0.3, -0.25) is 4.98 Å². The summed E-state index contributed by atoms with van der Waals surface area (Å²) in [6.07, 6.45) is 12.0. The van der Waals surface area contributed by atoms with E-state index in [9.17, 15) is 0 Å². The van der Waals surface area contributed by atoms with Crippen molar-refractivity contribution in [1.29, 1.82) is 0 Å². The van der Waals surface area contributed by atoms with Crippen LogP contribution in [0, 0.1) is 0 Å². The second-order valence-corrected chi connectivity index (χ2v) is 8.58. The molecule has 2 fully saturated rings. The van der Waals surface area contributed by atoms with Gasteiger partial charge in [0.05, 0.1) is 30.4 Å². The monoisotopic (exact) mass is 457 g/mol. The predicted octanol–water partition coefficient (Wildman–Crippen LogP) is 3.99. The van der Waals surface area contributed by atoms with E-state index in [0.717, 1.165) is 73.2 Å². The summed E-state index contributed by atoms with van der Waals surface area (Å²) >= 11 is 3.54. The zero-order chi connectivity index (χ0) is 19.6. The first kappa shape index (κ1) is 18.8. The molecule has 152 valence electrons. The molecule has 0 atom stereocenters. The molecule has 29 heavy (non-hydrogen) atoms. The minimum atomic E-state index is 0.171. The maximum atomic E-state index is 6.47. The van der Waals surface area contributed by atoms with Gasteiger partial charge in [-0.1, -0.05) is 0 Å². The molecule has 0 spiro atoms. The first-order valence-electron chi connectivity index (χ1n) is 10.2. The number of halogens is 1. The highest BCUT2D eigenvalue weighted by Gasteiger charge is 2.25. The molecule has 4 heterocycles. The summed E-state index contributed by atoms with van der Waals surface area (Å²) in [5, 5.41) is 0.952. The van der Waals surface area contributed by atoms with Crippen molar-refractivity contribution in [2.75, 3.05) is 31.2 Å². The lowest BCUT2D eigenvalue weighted by Gasteiger charge is -2.31. The van der Waals surface area contributed by atoms with Crippen LogP contribution < -0.4 is 9.64 Å². The fraction of sp³-hybridized carbons (Fsp3) is 0.476. The molecule has 2 aliphatic rings. The van der Waals surface area contributed by atoms with Crippen molar-refractivity contribution in [3.05, 3.63) is 41.5 Å². The van der Waals surface area contributed by atoms with E-state index in [1.807, 2.05) is 24.8 Å². The second kappa shape index (κ2) is 8.28. The Morgan fingerprint density at radius 2 is 1.93 bits per heavy atom. The Hall–Kier alpha value is -2.19. The van der Waals surface area contributed by atoms with Crippen molar-refractivity contribution < 1.29 is 9.47 Å². The van der Waals surface area contributed by atoms with Crippen molar-refractivity contribution in [2.45, 2.75) is 37.8 Å². The number of hydrogen-bond acceptors (Lipinski definition) is 6. The van der Waals surface area contributed by atoms with Crippen LogP contribution in [0.5, 0.6) is 5.88 Å². The summed E-state index contributed by atoms with van der Waals surface area (Å²) in [5.74, 6) is 1.60. The van der Waals surface area contributed by atoms with Crippen molar-refractivity contribution in [1.82, 2.24) is 19.5 Å².